The molecular weight excluding hydrogens is 340 g/mol. The van der Waals surface area contributed by atoms with Crippen molar-refractivity contribution in [3.63, 3.8) is 0 Å². The van der Waals surface area contributed by atoms with E-state index in [1.54, 1.807) is 19.5 Å². The Morgan fingerprint density at radius 3 is 2.70 bits per heavy atom. The summed E-state index contributed by atoms with van der Waals surface area (Å²) in [7, 11) is 1.56. The van der Waals surface area contributed by atoms with Gasteiger partial charge in [0.05, 0.1) is 7.11 Å². The molecule has 1 aromatic heterocycles. The standard InChI is InChI=1S/C21H28N4O2/c1-16(2)18-14-22-15-23-21(18)25-11-9-24(10-12-25)8-4-5-17-6-7-19(26)20(13-17)27-3/h4-7,13-16,26H,8-12H2,1-3H3/b5-4+. The number of ether oxygens (including phenoxy) is 1. The van der Waals surface area contributed by atoms with Crippen molar-refractivity contribution in [1.29, 1.82) is 0 Å². The number of benzene rings is 1. The zero-order chi connectivity index (χ0) is 19.2. The van der Waals surface area contributed by atoms with Crippen molar-refractivity contribution in [3.05, 3.63) is 47.9 Å². The van der Waals surface area contributed by atoms with Gasteiger partial charge >= 0.3 is 0 Å². The van der Waals surface area contributed by atoms with Crippen molar-refractivity contribution in [2.24, 2.45) is 0 Å². The number of aromatic hydroxyl groups is 1. The van der Waals surface area contributed by atoms with Gasteiger partial charge < -0.3 is 14.7 Å². The number of phenolic OH excluding ortho intramolecular Hbond substituents is 1. The molecule has 0 bridgehead atoms. The highest BCUT2D eigenvalue weighted by Gasteiger charge is 2.20. The molecule has 2 heterocycles. The molecule has 1 aliphatic rings. The summed E-state index contributed by atoms with van der Waals surface area (Å²) in [6.07, 6.45) is 7.80. The molecule has 1 N–H and O–H groups in total. The van der Waals surface area contributed by atoms with Crippen LogP contribution in [0.3, 0.4) is 0 Å². The largest absolute Gasteiger partial charge is 0.504 e. The van der Waals surface area contributed by atoms with Crippen LogP contribution in [0, 0.1) is 0 Å². The van der Waals surface area contributed by atoms with E-state index in [-0.39, 0.29) is 5.75 Å². The number of piperazine rings is 1. The van der Waals surface area contributed by atoms with Crippen molar-refractivity contribution in [2.45, 2.75) is 19.8 Å². The van der Waals surface area contributed by atoms with Crippen molar-refractivity contribution in [2.75, 3.05) is 44.7 Å². The Morgan fingerprint density at radius 2 is 2.00 bits per heavy atom. The summed E-state index contributed by atoms with van der Waals surface area (Å²) in [4.78, 5) is 13.5. The molecule has 0 atom stereocenters. The average molecular weight is 368 g/mol. The normalized spacial score (nSPS) is 15.6. The summed E-state index contributed by atoms with van der Waals surface area (Å²) < 4.78 is 5.15. The van der Waals surface area contributed by atoms with E-state index in [0.717, 1.165) is 44.1 Å². The first kappa shape index (κ1) is 19.2. The van der Waals surface area contributed by atoms with Crippen LogP contribution in [0.5, 0.6) is 11.5 Å². The van der Waals surface area contributed by atoms with Gasteiger partial charge in [0.2, 0.25) is 0 Å². The Kier molecular flexibility index (Phi) is 6.29. The maximum Gasteiger partial charge on any atom is 0.161 e. The van der Waals surface area contributed by atoms with Crippen LogP contribution < -0.4 is 9.64 Å². The average Bonchev–Trinajstić information content (AvgIpc) is 2.69. The van der Waals surface area contributed by atoms with E-state index in [0.29, 0.717) is 11.7 Å². The lowest BCUT2D eigenvalue weighted by atomic mass is 10.1. The van der Waals surface area contributed by atoms with Crippen LogP contribution >= 0.6 is 0 Å². The lowest BCUT2D eigenvalue weighted by Crippen LogP contribution is -2.47. The fraction of sp³-hybridized carbons (Fsp3) is 0.429. The van der Waals surface area contributed by atoms with E-state index in [2.05, 4.69) is 45.8 Å². The highest BCUT2D eigenvalue weighted by molar-refractivity contribution is 5.55. The maximum absolute atomic E-state index is 9.67. The molecular formula is C21H28N4O2. The van der Waals surface area contributed by atoms with Gasteiger partial charge in [0.25, 0.3) is 0 Å². The second-order valence-electron chi connectivity index (χ2n) is 7.08. The van der Waals surface area contributed by atoms with Gasteiger partial charge in [0.15, 0.2) is 11.5 Å². The molecule has 144 valence electrons. The van der Waals surface area contributed by atoms with Gasteiger partial charge in [-0.25, -0.2) is 9.97 Å². The number of hydrogen-bond donors (Lipinski definition) is 1. The summed E-state index contributed by atoms with van der Waals surface area (Å²) in [6.45, 7) is 9.21. The monoisotopic (exact) mass is 368 g/mol. The predicted octanol–water partition coefficient (Wildman–Crippen LogP) is 3.15. The van der Waals surface area contributed by atoms with Gasteiger partial charge in [0.1, 0.15) is 12.1 Å². The van der Waals surface area contributed by atoms with Gasteiger partial charge in [-0.2, -0.15) is 0 Å². The molecule has 1 saturated heterocycles. The number of phenols is 1. The SMILES string of the molecule is COc1cc(/C=C/CN2CCN(c3ncncc3C(C)C)CC2)ccc1O. The van der Waals surface area contributed by atoms with E-state index in [1.165, 1.54) is 5.56 Å². The van der Waals surface area contributed by atoms with Crippen LogP contribution in [0.4, 0.5) is 5.82 Å². The van der Waals surface area contributed by atoms with Crippen LogP contribution in [-0.4, -0.2) is 59.8 Å². The second kappa shape index (κ2) is 8.86. The minimum Gasteiger partial charge on any atom is -0.504 e. The molecule has 0 radical (unpaired) electrons. The summed E-state index contributed by atoms with van der Waals surface area (Å²) in [5.41, 5.74) is 2.23. The van der Waals surface area contributed by atoms with E-state index in [4.69, 9.17) is 4.74 Å². The number of nitrogens with zero attached hydrogens (tertiary/aromatic N) is 4. The quantitative estimate of drug-likeness (QED) is 0.845. The molecule has 1 aromatic carbocycles. The molecule has 6 heteroatoms. The van der Waals surface area contributed by atoms with Gasteiger partial charge in [-0.1, -0.05) is 32.1 Å². The van der Waals surface area contributed by atoms with Gasteiger partial charge in [-0.05, 0) is 23.6 Å². The van der Waals surface area contributed by atoms with Crippen molar-refractivity contribution in [1.82, 2.24) is 14.9 Å². The molecule has 27 heavy (non-hydrogen) atoms. The third kappa shape index (κ3) is 4.77. The Balaban J connectivity index is 1.54. The van der Waals surface area contributed by atoms with Crippen LogP contribution in [0.25, 0.3) is 6.08 Å². The first-order valence-corrected chi connectivity index (χ1v) is 9.39. The van der Waals surface area contributed by atoms with Crippen molar-refractivity contribution < 1.29 is 9.84 Å². The van der Waals surface area contributed by atoms with Crippen molar-refractivity contribution in [3.8, 4) is 11.5 Å². The minimum atomic E-state index is 0.163. The summed E-state index contributed by atoms with van der Waals surface area (Å²) in [6, 6.07) is 5.38. The van der Waals surface area contributed by atoms with Crippen LogP contribution in [-0.2, 0) is 0 Å². The van der Waals surface area contributed by atoms with Crippen LogP contribution in [0.1, 0.15) is 30.9 Å². The zero-order valence-corrected chi connectivity index (χ0v) is 16.3. The number of rotatable bonds is 6. The lowest BCUT2D eigenvalue weighted by Gasteiger charge is -2.36. The lowest BCUT2D eigenvalue weighted by molar-refractivity contribution is 0.283. The summed E-state index contributed by atoms with van der Waals surface area (Å²) in [5.74, 6) is 2.16. The fourth-order valence-electron chi connectivity index (χ4n) is 3.28. The first-order chi connectivity index (χ1) is 13.1. The first-order valence-electron chi connectivity index (χ1n) is 9.39. The Hall–Kier alpha value is -2.60. The number of hydrogen-bond acceptors (Lipinski definition) is 6. The molecule has 3 rings (SSSR count). The molecule has 0 unspecified atom stereocenters. The Morgan fingerprint density at radius 1 is 1.22 bits per heavy atom. The van der Waals surface area contributed by atoms with E-state index >= 15 is 0 Å². The molecule has 0 amide bonds. The molecule has 0 aliphatic carbocycles. The van der Waals surface area contributed by atoms with Crippen molar-refractivity contribution >= 4 is 11.9 Å². The highest BCUT2D eigenvalue weighted by Crippen LogP contribution is 2.27. The fourth-order valence-corrected chi connectivity index (χ4v) is 3.28. The number of methoxy groups -OCH3 is 1. The Labute approximate surface area is 161 Å². The molecule has 1 fully saturated rings. The third-order valence-corrected chi connectivity index (χ3v) is 4.89. The van der Waals surface area contributed by atoms with E-state index < -0.39 is 0 Å². The molecule has 6 nitrogen and oxygen atoms in total. The highest BCUT2D eigenvalue weighted by atomic mass is 16.5. The number of anilines is 1. The van der Waals surface area contributed by atoms with Gasteiger partial charge in [-0.3, -0.25) is 4.90 Å². The maximum atomic E-state index is 9.67. The summed E-state index contributed by atoms with van der Waals surface area (Å²) >= 11 is 0. The molecule has 0 saturated carbocycles. The smallest absolute Gasteiger partial charge is 0.161 e. The minimum absolute atomic E-state index is 0.163. The van der Waals surface area contributed by atoms with Gasteiger partial charge in [0, 0.05) is 44.5 Å². The van der Waals surface area contributed by atoms with E-state index in [9.17, 15) is 5.11 Å². The topological polar surface area (TPSA) is 61.7 Å². The second-order valence-corrected chi connectivity index (χ2v) is 7.08. The summed E-state index contributed by atoms with van der Waals surface area (Å²) in [5, 5.41) is 9.67. The molecule has 1 aliphatic heterocycles. The van der Waals surface area contributed by atoms with Crippen LogP contribution in [0.15, 0.2) is 36.8 Å². The zero-order valence-electron chi connectivity index (χ0n) is 16.3. The Bertz CT molecular complexity index is 784. The number of aromatic nitrogens is 2. The molecule has 0 spiro atoms. The third-order valence-electron chi connectivity index (χ3n) is 4.89. The predicted molar refractivity (Wildman–Crippen MR) is 108 cm³/mol. The van der Waals surface area contributed by atoms with Crippen LogP contribution in [0.2, 0.25) is 0 Å². The van der Waals surface area contributed by atoms with E-state index in [1.807, 2.05) is 18.3 Å². The molecule has 2 aromatic rings. The van der Waals surface area contributed by atoms with Gasteiger partial charge in [-0.15, -0.1) is 0 Å².